The lowest BCUT2D eigenvalue weighted by Crippen LogP contribution is -2.35. The van der Waals surface area contributed by atoms with E-state index in [1.165, 1.54) is 7.11 Å². The highest BCUT2D eigenvalue weighted by Crippen LogP contribution is 2.54. The van der Waals surface area contributed by atoms with Crippen molar-refractivity contribution in [2.75, 3.05) is 27.5 Å². The Morgan fingerprint density at radius 1 is 1.19 bits per heavy atom. The van der Waals surface area contributed by atoms with Crippen LogP contribution in [0.1, 0.15) is 40.7 Å². The maximum atomic E-state index is 10.8. The summed E-state index contributed by atoms with van der Waals surface area (Å²) in [6.45, 7) is 0.939. The van der Waals surface area contributed by atoms with Gasteiger partial charge in [0.2, 0.25) is 6.79 Å². The molecule has 5 rings (SSSR count). The SMILES string of the molecule is COc1cc2c(cc1O)[C@@H]1O[C@@H](O)c3c(ccc4c3OCO4)[C@H]1N(C)CC2. The number of hydrogen-bond donors (Lipinski definition) is 2. The standard InChI is InChI=1S/C20H21NO6/c1-21-6-5-10-7-15(24-2)13(22)8-12(10)18-17(21)11-3-4-14-19(26-9-25-14)16(11)20(23)27-18/h3-4,7-8,17-18,20,22-23H,5-6,9H2,1-2H3/t17-,18+,20-/m1/s1. The van der Waals surface area contributed by atoms with E-state index >= 15 is 0 Å². The average Bonchev–Trinajstić information content (AvgIpc) is 3.10. The lowest BCUT2D eigenvalue weighted by Gasteiger charge is -2.40. The molecule has 0 saturated heterocycles. The van der Waals surface area contributed by atoms with E-state index in [1.54, 1.807) is 6.07 Å². The molecule has 0 unspecified atom stereocenters. The molecule has 3 heterocycles. The number of fused-ring (bicyclic) bond motifs is 7. The number of likely N-dealkylation sites (N-methyl/N-ethyl adjacent to an activating group) is 1. The fourth-order valence-corrected chi connectivity index (χ4v) is 4.39. The highest BCUT2D eigenvalue weighted by atomic mass is 16.7. The van der Waals surface area contributed by atoms with Crippen molar-refractivity contribution < 1.29 is 29.2 Å². The third kappa shape index (κ3) is 2.39. The molecule has 142 valence electrons. The van der Waals surface area contributed by atoms with Crippen LogP contribution in [-0.4, -0.2) is 42.6 Å². The second-order valence-corrected chi connectivity index (χ2v) is 7.11. The van der Waals surface area contributed by atoms with E-state index < -0.39 is 12.4 Å². The normalized spacial score (nSPS) is 26.0. The first kappa shape index (κ1) is 16.7. The van der Waals surface area contributed by atoms with Crippen LogP contribution in [-0.2, 0) is 11.2 Å². The van der Waals surface area contributed by atoms with Crippen molar-refractivity contribution >= 4 is 0 Å². The first-order chi connectivity index (χ1) is 13.1. The number of aliphatic hydroxyl groups is 1. The van der Waals surface area contributed by atoms with E-state index in [0.29, 0.717) is 22.8 Å². The molecule has 0 spiro atoms. The van der Waals surface area contributed by atoms with Crippen molar-refractivity contribution in [3.8, 4) is 23.0 Å². The second-order valence-electron chi connectivity index (χ2n) is 7.11. The van der Waals surface area contributed by atoms with E-state index in [-0.39, 0.29) is 18.6 Å². The Kier molecular flexibility index (Phi) is 3.72. The topological polar surface area (TPSA) is 80.6 Å². The van der Waals surface area contributed by atoms with Crippen LogP contribution < -0.4 is 14.2 Å². The number of methoxy groups -OCH3 is 1. The summed E-state index contributed by atoms with van der Waals surface area (Å²) in [4.78, 5) is 2.21. The number of hydrogen-bond acceptors (Lipinski definition) is 7. The molecule has 2 aromatic carbocycles. The number of ether oxygens (including phenoxy) is 4. The van der Waals surface area contributed by atoms with Crippen LogP contribution in [0, 0.1) is 0 Å². The first-order valence-corrected chi connectivity index (χ1v) is 8.94. The van der Waals surface area contributed by atoms with E-state index in [4.69, 9.17) is 18.9 Å². The first-order valence-electron chi connectivity index (χ1n) is 8.94. The molecule has 2 aromatic rings. The lowest BCUT2D eigenvalue weighted by molar-refractivity contribution is -0.174. The van der Waals surface area contributed by atoms with Crippen molar-refractivity contribution in [2.24, 2.45) is 0 Å². The van der Waals surface area contributed by atoms with Crippen LogP contribution in [0.2, 0.25) is 0 Å². The highest BCUT2D eigenvalue weighted by molar-refractivity contribution is 5.56. The molecular weight excluding hydrogens is 350 g/mol. The van der Waals surface area contributed by atoms with Crippen LogP contribution in [0.5, 0.6) is 23.0 Å². The number of aromatic hydroxyl groups is 1. The number of aliphatic hydroxyl groups excluding tert-OH is 1. The van der Waals surface area contributed by atoms with Gasteiger partial charge in [0.05, 0.1) is 18.7 Å². The zero-order valence-corrected chi connectivity index (χ0v) is 15.1. The molecule has 3 aliphatic heterocycles. The van der Waals surface area contributed by atoms with Gasteiger partial charge in [-0.1, -0.05) is 6.07 Å². The van der Waals surface area contributed by atoms with Gasteiger partial charge in [-0.15, -0.1) is 0 Å². The van der Waals surface area contributed by atoms with Crippen molar-refractivity contribution in [3.63, 3.8) is 0 Å². The Bertz CT molecular complexity index is 914. The molecule has 0 bridgehead atoms. The van der Waals surface area contributed by atoms with Crippen molar-refractivity contribution in [3.05, 3.63) is 46.5 Å². The van der Waals surface area contributed by atoms with Crippen molar-refractivity contribution in [2.45, 2.75) is 24.9 Å². The van der Waals surface area contributed by atoms with Gasteiger partial charge in [-0.2, -0.15) is 0 Å². The highest BCUT2D eigenvalue weighted by Gasteiger charge is 2.43. The fourth-order valence-electron chi connectivity index (χ4n) is 4.39. The monoisotopic (exact) mass is 371 g/mol. The quantitative estimate of drug-likeness (QED) is 0.797. The maximum Gasteiger partial charge on any atom is 0.231 e. The van der Waals surface area contributed by atoms with Crippen molar-refractivity contribution in [1.82, 2.24) is 4.90 Å². The molecule has 3 aliphatic rings. The van der Waals surface area contributed by atoms with Crippen LogP contribution in [0.15, 0.2) is 24.3 Å². The zero-order chi connectivity index (χ0) is 18.7. The molecule has 0 amide bonds. The summed E-state index contributed by atoms with van der Waals surface area (Å²) in [5, 5.41) is 21.1. The van der Waals surface area contributed by atoms with Crippen LogP contribution in [0.25, 0.3) is 0 Å². The Morgan fingerprint density at radius 2 is 2.04 bits per heavy atom. The minimum Gasteiger partial charge on any atom is -0.504 e. The molecule has 27 heavy (non-hydrogen) atoms. The van der Waals surface area contributed by atoms with Gasteiger partial charge in [-0.25, -0.2) is 0 Å². The Balaban J connectivity index is 1.68. The Labute approximate surface area is 156 Å². The molecular formula is C20H21NO6. The van der Waals surface area contributed by atoms with E-state index in [2.05, 4.69) is 4.90 Å². The Hall–Kier alpha value is -2.48. The summed E-state index contributed by atoms with van der Waals surface area (Å²) in [6.07, 6.45) is -0.775. The van der Waals surface area contributed by atoms with Crippen LogP contribution in [0.3, 0.4) is 0 Å². The van der Waals surface area contributed by atoms with Gasteiger partial charge in [0.25, 0.3) is 0 Å². The van der Waals surface area contributed by atoms with Gasteiger partial charge in [-0.3, -0.25) is 4.90 Å². The Morgan fingerprint density at radius 3 is 2.85 bits per heavy atom. The molecule has 2 N–H and O–H groups in total. The summed E-state index contributed by atoms with van der Waals surface area (Å²) in [5.41, 5.74) is 3.48. The minimum atomic E-state index is -1.14. The summed E-state index contributed by atoms with van der Waals surface area (Å²) in [6, 6.07) is 7.27. The number of nitrogens with zero attached hydrogens (tertiary/aromatic N) is 1. The van der Waals surface area contributed by atoms with Gasteiger partial charge < -0.3 is 29.2 Å². The summed E-state index contributed by atoms with van der Waals surface area (Å²) >= 11 is 0. The third-order valence-corrected chi connectivity index (χ3v) is 5.70. The zero-order valence-electron chi connectivity index (χ0n) is 15.1. The van der Waals surface area contributed by atoms with Crippen molar-refractivity contribution in [1.29, 1.82) is 0 Å². The summed E-state index contributed by atoms with van der Waals surface area (Å²) in [7, 11) is 3.57. The maximum absolute atomic E-state index is 10.8. The minimum absolute atomic E-state index is 0.0640. The molecule has 7 nitrogen and oxygen atoms in total. The predicted molar refractivity (Wildman–Crippen MR) is 95.1 cm³/mol. The third-order valence-electron chi connectivity index (χ3n) is 5.70. The molecule has 7 heteroatoms. The molecule has 3 atom stereocenters. The second kappa shape index (κ2) is 6.02. The van der Waals surface area contributed by atoms with E-state index in [0.717, 1.165) is 29.7 Å². The number of benzene rings is 2. The smallest absolute Gasteiger partial charge is 0.231 e. The predicted octanol–water partition coefficient (Wildman–Crippen LogP) is 2.42. The van der Waals surface area contributed by atoms with Gasteiger partial charge in [0, 0.05) is 6.54 Å². The molecule has 0 radical (unpaired) electrons. The van der Waals surface area contributed by atoms with E-state index in [1.807, 2.05) is 25.2 Å². The van der Waals surface area contributed by atoms with Gasteiger partial charge in [0.15, 0.2) is 29.3 Å². The molecule has 0 fully saturated rings. The number of phenols is 1. The van der Waals surface area contributed by atoms with Gasteiger partial charge in [-0.05, 0) is 48.4 Å². The average molecular weight is 371 g/mol. The number of rotatable bonds is 1. The molecule has 0 saturated carbocycles. The lowest BCUT2D eigenvalue weighted by atomic mass is 9.87. The van der Waals surface area contributed by atoms with Crippen LogP contribution in [0.4, 0.5) is 0 Å². The van der Waals surface area contributed by atoms with Crippen LogP contribution >= 0.6 is 0 Å². The summed E-state index contributed by atoms with van der Waals surface area (Å²) in [5.74, 6) is 1.67. The largest absolute Gasteiger partial charge is 0.504 e. The fraction of sp³-hybridized carbons (Fsp3) is 0.400. The molecule has 0 aliphatic carbocycles. The summed E-state index contributed by atoms with van der Waals surface area (Å²) < 4.78 is 22.4. The van der Waals surface area contributed by atoms with Gasteiger partial charge >= 0.3 is 0 Å². The van der Waals surface area contributed by atoms with E-state index in [9.17, 15) is 10.2 Å². The number of phenolic OH excluding ortho intramolecular Hbond substituents is 1. The van der Waals surface area contributed by atoms with Gasteiger partial charge in [0.1, 0.15) is 6.10 Å². The molecule has 0 aromatic heterocycles.